The van der Waals surface area contributed by atoms with Gasteiger partial charge in [-0.2, -0.15) is 0 Å². The third-order valence-electron chi connectivity index (χ3n) is 4.44. The highest BCUT2D eigenvalue weighted by Crippen LogP contribution is 2.44. The zero-order chi connectivity index (χ0) is 19.7. The Morgan fingerprint density at radius 3 is 2.63 bits per heavy atom. The van der Waals surface area contributed by atoms with Crippen LogP contribution in [0.5, 0.6) is 5.75 Å². The van der Waals surface area contributed by atoms with E-state index in [4.69, 9.17) is 16.3 Å². The summed E-state index contributed by atoms with van der Waals surface area (Å²) in [6.45, 7) is 1.64. The molecule has 3 rings (SSSR count). The van der Waals surface area contributed by atoms with Crippen LogP contribution < -0.4 is 9.64 Å². The van der Waals surface area contributed by atoms with Crippen LogP contribution in [0, 0.1) is 5.82 Å². The number of rotatable bonds is 5. The number of nitrogens with zero attached hydrogens (tertiary/aromatic N) is 1. The Morgan fingerprint density at radius 1 is 1.30 bits per heavy atom. The average molecular weight is 390 g/mol. The van der Waals surface area contributed by atoms with Crippen LogP contribution in [0.4, 0.5) is 10.1 Å². The van der Waals surface area contributed by atoms with Gasteiger partial charge in [-0.3, -0.25) is 14.5 Å². The van der Waals surface area contributed by atoms with Gasteiger partial charge in [-0.05, 0) is 24.3 Å². The summed E-state index contributed by atoms with van der Waals surface area (Å²) in [4.78, 5) is 26.6. The fourth-order valence-corrected chi connectivity index (χ4v) is 3.34. The Bertz CT molecular complexity index is 957. The number of hydrogen-bond acceptors (Lipinski definition) is 4. The number of halogens is 2. The number of aliphatic hydroxyl groups excluding tert-OH is 1. The molecule has 1 aliphatic heterocycles. The summed E-state index contributed by atoms with van der Waals surface area (Å²) in [5.74, 6) is -1.94. The molecule has 7 heteroatoms. The van der Waals surface area contributed by atoms with Crippen molar-refractivity contribution in [2.24, 2.45) is 0 Å². The summed E-state index contributed by atoms with van der Waals surface area (Å²) < 4.78 is 19.0. The molecule has 1 heterocycles. The van der Waals surface area contributed by atoms with E-state index in [0.717, 1.165) is 6.07 Å². The van der Waals surface area contributed by atoms with Crippen LogP contribution in [-0.2, 0) is 9.59 Å². The van der Waals surface area contributed by atoms with E-state index in [1.165, 1.54) is 24.1 Å². The maximum Gasteiger partial charge on any atom is 0.294 e. The third-order valence-corrected chi connectivity index (χ3v) is 4.73. The molecule has 0 saturated carbocycles. The minimum atomic E-state index is -0.914. The van der Waals surface area contributed by atoms with Gasteiger partial charge in [0.2, 0.25) is 0 Å². The molecule has 2 aromatic rings. The third kappa shape index (κ3) is 3.17. The first kappa shape index (κ1) is 18.9. The fourth-order valence-electron chi connectivity index (χ4n) is 3.17. The minimum absolute atomic E-state index is 0.0209. The van der Waals surface area contributed by atoms with E-state index < -0.39 is 23.5 Å². The quantitative estimate of drug-likeness (QED) is 0.824. The second-order valence-electron chi connectivity index (χ2n) is 5.96. The fraction of sp³-hybridized carbons (Fsp3) is 0.200. The number of hydrogen-bond donors (Lipinski definition) is 1. The molecule has 0 aromatic heterocycles. The smallest absolute Gasteiger partial charge is 0.294 e. The number of carbonyl (C=O) groups excluding carboxylic acids is 2. The van der Waals surface area contributed by atoms with Crippen LogP contribution in [0.15, 0.2) is 53.8 Å². The molecule has 5 nitrogen and oxygen atoms in total. The molecular formula is C20H17ClFNO4. The molecule has 1 amide bonds. The van der Waals surface area contributed by atoms with Crippen LogP contribution in [0.1, 0.15) is 24.9 Å². The lowest BCUT2D eigenvalue weighted by atomic mass is 9.94. The largest absolute Gasteiger partial charge is 0.503 e. The van der Waals surface area contributed by atoms with Crippen molar-refractivity contribution >= 4 is 29.0 Å². The molecule has 0 saturated heterocycles. The minimum Gasteiger partial charge on any atom is -0.503 e. The van der Waals surface area contributed by atoms with Crippen molar-refractivity contribution in [3.8, 4) is 5.75 Å². The highest BCUT2D eigenvalue weighted by Gasteiger charge is 2.45. The maximum absolute atomic E-state index is 13.6. The number of methoxy groups -OCH3 is 1. The second-order valence-corrected chi connectivity index (χ2v) is 6.36. The summed E-state index contributed by atoms with van der Waals surface area (Å²) in [5, 5.41) is 10.3. The molecule has 140 valence electrons. The molecule has 0 spiro atoms. The predicted molar refractivity (Wildman–Crippen MR) is 99.6 cm³/mol. The van der Waals surface area contributed by atoms with Crippen LogP contribution in [0.2, 0.25) is 5.02 Å². The zero-order valence-corrected chi connectivity index (χ0v) is 15.5. The lowest BCUT2D eigenvalue weighted by Crippen LogP contribution is -2.31. The first-order valence-electron chi connectivity index (χ1n) is 8.28. The van der Waals surface area contributed by atoms with Crippen LogP contribution in [-0.4, -0.2) is 23.9 Å². The molecular weight excluding hydrogens is 373 g/mol. The highest BCUT2D eigenvalue weighted by atomic mass is 35.5. The zero-order valence-electron chi connectivity index (χ0n) is 14.7. The van der Waals surface area contributed by atoms with Crippen molar-refractivity contribution in [3.63, 3.8) is 0 Å². The Kier molecular flexibility index (Phi) is 5.19. The number of para-hydroxylation sites is 1. The lowest BCUT2D eigenvalue weighted by molar-refractivity contribution is -0.118. The standard InChI is InChI=1S/C20H17ClFNO4/c1-3-15(24)17-18(12-6-4-5-7-16(12)27-2)23(20(26)19(17)25)11-8-9-14(22)13(21)10-11/h4-10,18,25H,3H2,1-2H3. The van der Waals surface area contributed by atoms with Gasteiger partial charge in [0, 0.05) is 17.7 Å². The summed E-state index contributed by atoms with van der Waals surface area (Å²) in [6.07, 6.45) is 0.107. The average Bonchev–Trinajstić information content (AvgIpc) is 2.94. The van der Waals surface area contributed by atoms with E-state index in [9.17, 15) is 19.1 Å². The number of amides is 1. The Morgan fingerprint density at radius 2 is 2.00 bits per heavy atom. The Hall–Kier alpha value is -2.86. The van der Waals surface area contributed by atoms with E-state index in [2.05, 4.69) is 0 Å². The van der Waals surface area contributed by atoms with E-state index in [1.807, 2.05) is 0 Å². The molecule has 2 aromatic carbocycles. The summed E-state index contributed by atoms with van der Waals surface area (Å²) in [5.41, 5.74) is 0.759. The Labute approximate surface area is 160 Å². The highest BCUT2D eigenvalue weighted by molar-refractivity contribution is 6.31. The number of Topliss-reactive ketones (excluding diaryl/α,β-unsaturated/α-hetero) is 1. The van der Waals surface area contributed by atoms with Gasteiger partial charge in [0.1, 0.15) is 11.6 Å². The van der Waals surface area contributed by atoms with E-state index >= 15 is 0 Å². The lowest BCUT2D eigenvalue weighted by Gasteiger charge is -2.28. The molecule has 0 aliphatic carbocycles. The van der Waals surface area contributed by atoms with Crippen molar-refractivity contribution in [1.29, 1.82) is 0 Å². The molecule has 27 heavy (non-hydrogen) atoms. The van der Waals surface area contributed by atoms with Gasteiger partial charge >= 0.3 is 0 Å². The molecule has 1 unspecified atom stereocenters. The summed E-state index contributed by atoms with van der Waals surface area (Å²) in [6, 6.07) is 9.75. The van der Waals surface area contributed by atoms with Crippen molar-refractivity contribution in [2.75, 3.05) is 12.0 Å². The summed E-state index contributed by atoms with van der Waals surface area (Å²) in [7, 11) is 1.47. The van der Waals surface area contributed by atoms with Crippen LogP contribution in [0.3, 0.4) is 0 Å². The summed E-state index contributed by atoms with van der Waals surface area (Å²) >= 11 is 5.87. The SMILES string of the molecule is CCC(=O)C1=C(O)C(=O)N(c2ccc(F)c(Cl)c2)C1c1ccccc1OC. The van der Waals surface area contributed by atoms with E-state index in [0.29, 0.717) is 11.3 Å². The van der Waals surface area contributed by atoms with Gasteiger partial charge in [-0.25, -0.2) is 4.39 Å². The number of carbonyl (C=O) groups is 2. The van der Waals surface area contributed by atoms with Crippen LogP contribution >= 0.6 is 11.6 Å². The molecule has 1 aliphatic rings. The maximum atomic E-state index is 13.6. The number of ketones is 1. The number of benzene rings is 2. The topological polar surface area (TPSA) is 66.8 Å². The van der Waals surface area contributed by atoms with Crippen molar-refractivity contribution in [1.82, 2.24) is 0 Å². The van der Waals surface area contributed by atoms with Gasteiger partial charge in [0.05, 0.1) is 23.7 Å². The number of ether oxygens (including phenoxy) is 1. The monoisotopic (exact) mass is 389 g/mol. The molecule has 0 fully saturated rings. The molecule has 1 atom stereocenters. The number of anilines is 1. The normalized spacial score (nSPS) is 16.8. The van der Waals surface area contributed by atoms with Gasteiger partial charge < -0.3 is 9.84 Å². The molecule has 1 N–H and O–H groups in total. The van der Waals surface area contributed by atoms with E-state index in [-0.39, 0.29) is 28.5 Å². The van der Waals surface area contributed by atoms with Crippen molar-refractivity contribution in [2.45, 2.75) is 19.4 Å². The van der Waals surface area contributed by atoms with Gasteiger partial charge in [-0.15, -0.1) is 0 Å². The number of aliphatic hydroxyl groups is 1. The first-order valence-corrected chi connectivity index (χ1v) is 8.66. The molecule has 0 bridgehead atoms. The first-order chi connectivity index (χ1) is 12.9. The predicted octanol–water partition coefficient (Wildman–Crippen LogP) is 4.37. The van der Waals surface area contributed by atoms with Gasteiger partial charge in [0.15, 0.2) is 11.5 Å². The van der Waals surface area contributed by atoms with Crippen molar-refractivity contribution < 1.29 is 23.8 Å². The van der Waals surface area contributed by atoms with Gasteiger partial charge in [0.25, 0.3) is 5.91 Å². The Balaban J connectivity index is 2.24. The van der Waals surface area contributed by atoms with Gasteiger partial charge in [-0.1, -0.05) is 36.7 Å². The van der Waals surface area contributed by atoms with Crippen LogP contribution in [0.25, 0.3) is 0 Å². The second kappa shape index (κ2) is 7.40. The molecule has 0 radical (unpaired) electrons. The van der Waals surface area contributed by atoms with E-state index in [1.54, 1.807) is 31.2 Å². The van der Waals surface area contributed by atoms with Crippen molar-refractivity contribution in [3.05, 3.63) is 70.2 Å².